The number of aromatic nitrogens is 6. The summed E-state index contributed by atoms with van der Waals surface area (Å²) in [4.78, 5) is 15.7. The molecule has 1 atom stereocenters. The molecule has 0 radical (unpaired) electrons. The van der Waals surface area contributed by atoms with Gasteiger partial charge in [0.1, 0.15) is 11.2 Å². The van der Waals surface area contributed by atoms with Crippen LogP contribution in [0.5, 0.6) is 0 Å². The summed E-state index contributed by atoms with van der Waals surface area (Å²) in [5, 5.41) is 17.4. The second-order valence-corrected chi connectivity index (χ2v) is 6.84. The fourth-order valence-corrected chi connectivity index (χ4v) is 3.95. The van der Waals surface area contributed by atoms with Crippen molar-refractivity contribution < 1.29 is 4.79 Å². The van der Waals surface area contributed by atoms with Crippen molar-refractivity contribution in [2.45, 2.75) is 32.4 Å². The van der Waals surface area contributed by atoms with Gasteiger partial charge in [-0.1, -0.05) is 0 Å². The number of hydrogen-bond acceptors (Lipinski definition) is 6. The van der Waals surface area contributed by atoms with Crippen LogP contribution in [0.1, 0.15) is 28.1 Å². The van der Waals surface area contributed by atoms with Crippen LogP contribution in [-0.2, 0) is 6.54 Å². The molecule has 0 unspecified atom stereocenters. The maximum atomic E-state index is 13.1. The SMILES string of the molecule is Cc1cnn(C[C@H]2CCCN2C(=O)c2sccc2-n2cnnn2)c1. The van der Waals surface area contributed by atoms with Gasteiger partial charge in [-0.25, -0.2) is 0 Å². The third-order valence-corrected chi connectivity index (χ3v) is 5.12. The standard InChI is InChI=1S/C15H17N7OS/c1-11-7-17-20(8-11)9-12-3-2-5-21(12)15(23)14-13(4-6-24-14)22-10-16-18-19-22/h4,6-8,10,12H,2-3,5,9H2,1H3/t12-/m1/s1. The van der Waals surface area contributed by atoms with Gasteiger partial charge in [-0.3, -0.25) is 9.48 Å². The highest BCUT2D eigenvalue weighted by Crippen LogP contribution is 2.27. The second-order valence-electron chi connectivity index (χ2n) is 5.92. The first-order chi connectivity index (χ1) is 11.7. The van der Waals surface area contributed by atoms with Crippen LogP contribution in [0.2, 0.25) is 0 Å². The van der Waals surface area contributed by atoms with Gasteiger partial charge in [-0.2, -0.15) is 9.78 Å². The van der Waals surface area contributed by atoms with E-state index in [4.69, 9.17) is 0 Å². The molecular weight excluding hydrogens is 326 g/mol. The van der Waals surface area contributed by atoms with Crippen LogP contribution in [0, 0.1) is 6.92 Å². The summed E-state index contributed by atoms with van der Waals surface area (Å²) in [7, 11) is 0. The number of thiophene rings is 1. The molecule has 24 heavy (non-hydrogen) atoms. The number of rotatable bonds is 4. The molecular formula is C15H17N7OS. The van der Waals surface area contributed by atoms with E-state index in [1.54, 1.807) is 0 Å². The first-order valence-corrected chi connectivity index (χ1v) is 8.71. The van der Waals surface area contributed by atoms with Crippen LogP contribution in [0.25, 0.3) is 5.69 Å². The molecule has 8 nitrogen and oxygen atoms in total. The van der Waals surface area contributed by atoms with Crippen molar-refractivity contribution in [3.8, 4) is 5.69 Å². The zero-order valence-electron chi connectivity index (χ0n) is 13.2. The van der Waals surface area contributed by atoms with Crippen molar-refractivity contribution in [1.29, 1.82) is 0 Å². The van der Waals surface area contributed by atoms with E-state index in [1.807, 2.05) is 40.3 Å². The van der Waals surface area contributed by atoms with Crippen molar-refractivity contribution in [1.82, 2.24) is 34.9 Å². The van der Waals surface area contributed by atoms with Crippen LogP contribution in [-0.4, -0.2) is 53.4 Å². The lowest BCUT2D eigenvalue weighted by Gasteiger charge is -2.24. The van der Waals surface area contributed by atoms with E-state index in [9.17, 15) is 4.79 Å². The zero-order chi connectivity index (χ0) is 16.5. The molecule has 4 heterocycles. The summed E-state index contributed by atoms with van der Waals surface area (Å²) in [5.41, 5.74) is 1.86. The molecule has 0 bridgehead atoms. The Morgan fingerprint density at radius 2 is 2.38 bits per heavy atom. The zero-order valence-corrected chi connectivity index (χ0v) is 14.1. The number of likely N-dealkylation sites (tertiary alicyclic amines) is 1. The molecule has 0 spiro atoms. The fraction of sp³-hybridized carbons (Fsp3) is 0.400. The van der Waals surface area contributed by atoms with Gasteiger partial charge in [0.25, 0.3) is 5.91 Å². The van der Waals surface area contributed by atoms with E-state index in [0.29, 0.717) is 4.88 Å². The van der Waals surface area contributed by atoms with Gasteiger partial charge in [0.15, 0.2) is 0 Å². The van der Waals surface area contributed by atoms with E-state index in [2.05, 4.69) is 20.6 Å². The third-order valence-electron chi connectivity index (χ3n) is 4.23. The average Bonchev–Trinajstić information content (AvgIpc) is 3.35. The lowest BCUT2D eigenvalue weighted by molar-refractivity contribution is 0.0726. The molecule has 3 aromatic heterocycles. The van der Waals surface area contributed by atoms with Crippen LogP contribution < -0.4 is 0 Å². The van der Waals surface area contributed by atoms with Crippen molar-refractivity contribution in [2.24, 2.45) is 0 Å². The van der Waals surface area contributed by atoms with Gasteiger partial charge in [-0.05, 0) is 47.2 Å². The third kappa shape index (κ3) is 2.71. The van der Waals surface area contributed by atoms with Crippen LogP contribution >= 0.6 is 11.3 Å². The summed E-state index contributed by atoms with van der Waals surface area (Å²) in [5.74, 6) is 0.0434. The Hall–Kier alpha value is -2.55. The Morgan fingerprint density at radius 1 is 1.46 bits per heavy atom. The molecule has 1 saturated heterocycles. The highest BCUT2D eigenvalue weighted by Gasteiger charge is 2.32. The van der Waals surface area contributed by atoms with Crippen molar-refractivity contribution >= 4 is 17.2 Å². The maximum absolute atomic E-state index is 13.1. The van der Waals surface area contributed by atoms with Crippen molar-refractivity contribution in [3.05, 3.63) is 40.6 Å². The first-order valence-electron chi connectivity index (χ1n) is 7.83. The fourth-order valence-electron chi connectivity index (χ4n) is 3.12. The first kappa shape index (κ1) is 15.0. The monoisotopic (exact) mass is 343 g/mol. The summed E-state index contributed by atoms with van der Waals surface area (Å²) < 4.78 is 3.45. The average molecular weight is 343 g/mol. The molecule has 0 aromatic carbocycles. The normalized spacial score (nSPS) is 17.5. The molecule has 124 valence electrons. The topological polar surface area (TPSA) is 81.7 Å². The maximum Gasteiger partial charge on any atom is 0.266 e. The van der Waals surface area contributed by atoms with Gasteiger partial charge in [0, 0.05) is 12.7 Å². The molecule has 1 aliphatic heterocycles. The smallest absolute Gasteiger partial charge is 0.266 e. The number of amides is 1. The van der Waals surface area contributed by atoms with Gasteiger partial charge in [0.2, 0.25) is 0 Å². The molecule has 1 fully saturated rings. The van der Waals surface area contributed by atoms with E-state index in [1.165, 1.54) is 22.3 Å². The Bertz CT molecular complexity index is 838. The Morgan fingerprint density at radius 3 is 3.12 bits per heavy atom. The lowest BCUT2D eigenvalue weighted by Crippen LogP contribution is -2.38. The summed E-state index contributed by atoms with van der Waals surface area (Å²) >= 11 is 1.43. The molecule has 1 amide bonds. The second kappa shape index (κ2) is 6.16. The number of carbonyl (C=O) groups excluding carboxylic acids is 1. The Kier molecular flexibility index (Phi) is 3.85. The molecule has 3 aromatic rings. The van der Waals surface area contributed by atoms with Crippen molar-refractivity contribution in [2.75, 3.05) is 6.54 Å². The molecule has 4 rings (SSSR count). The predicted octanol–water partition coefficient (Wildman–Crippen LogP) is 1.53. The minimum absolute atomic E-state index is 0.0434. The Labute approximate surface area is 142 Å². The number of tetrazole rings is 1. The van der Waals surface area contributed by atoms with E-state index in [0.717, 1.165) is 37.2 Å². The highest BCUT2D eigenvalue weighted by molar-refractivity contribution is 7.12. The molecule has 0 N–H and O–H groups in total. The van der Waals surface area contributed by atoms with Crippen LogP contribution in [0.3, 0.4) is 0 Å². The Balaban J connectivity index is 1.56. The molecule has 9 heteroatoms. The number of aryl methyl sites for hydroxylation is 1. The predicted molar refractivity (Wildman–Crippen MR) is 88.1 cm³/mol. The van der Waals surface area contributed by atoms with E-state index in [-0.39, 0.29) is 11.9 Å². The molecule has 1 aliphatic rings. The number of hydrogen-bond donors (Lipinski definition) is 0. The van der Waals surface area contributed by atoms with Gasteiger partial charge >= 0.3 is 0 Å². The summed E-state index contributed by atoms with van der Waals surface area (Å²) in [6.45, 7) is 3.52. The number of nitrogens with zero attached hydrogens (tertiary/aromatic N) is 7. The molecule has 0 saturated carbocycles. The number of carbonyl (C=O) groups is 1. The quantitative estimate of drug-likeness (QED) is 0.717. The minimum Gasteiger partial charge on any atom is -0.333 e. The lowest BCUT2D eigenvalue weighted by atomic mass is 10.2. The van der Waals surface area contributed by atoms with E-state index >= 15 is 0 Å². The van der Waals surface area contributed by atoms with E-state index < -0.39 is 0 Å². The van der Waals surface area contributed by atoms with Gasteiger partial charge in [-0.15, -0.1) is 16.4 Å². The van der Waals surface area contributed by atoms with Gasteiger partial charge in [0.05, 0.1) is 24.5 Å². The van der Waals surface area contributed by atoms with Gasteiger partial charge < -0.3 is 4.90 Å². The molecule has 0 aliphatic carbocycles. The summed E-state index contributed by atoms with van der Waals surface area (Å²) in [6, 6.07) is 2.04. The minimum atomic E-state index is 0.0434. The largest absolute Gasteiger partial charge is 0.333 e. The van der Waals surface area contributed by atoms with Crippen LogP contribution in [0.4, 0.5) is 0 Å². The van der Waals surface area contributed by atoms with Crippen LogP contribution in [0.15, 0.2) is 30.2 Å². The summed E-state index contributed by atoms with van der Waals surface area (Å²) in [6.07, 6.45) is 7.38. The van der Waals surface area contributed by atoms with Crippen molar-refractivity contribution in [3.63, 3.8) is 0 Å². The highest BCUT2D eigenvalue weighted by atomic mass is 32.1.